The van der Waals surface area contributed by atoms with E-state index < -0.39 is 0 Å². The van der Waals surface area contributed by atoms with E-state index in [9.17, 15) is 4.79 Å². The van der Waals surface area contributed by atoms with Crippen molar-refractivity contribution in [2.75, 3.05) is 19.6 Å². The van der Waals surface area contributed by atoms with Gasteiger partial charge in [-0.05, 0) is 25.6 Å². The summed E-state index contributed by atoms with van der Waals surface area (Å²) in [6, 6.07) is 10.4. The minimum absolute atomic E-state index is 0. The van der Waals surface area contributed by atoms with E-state index in [0.717, 1.165) is 13.1 Å². The fourth-order valence-electron chi connectivity index (χ4n) is 2.37. The molecule has 0 radical (unpaired) electrons. The number of rotatable bonds is 8. The van der Waals surface area contributed by atoms with Gasteiger partial charge in [0, 0.05) is 19.0 Å². The summed E-state index contributed by atoms with van der Waals surface area (Å²) in [5, 5.41) is 3.00. The van der Waals surface area contributed by atoms with E-state index in [1.807, 2.05) is 25.1 Å². The van der Waals surface area contributed by atoms with Gasteiger partial charge in [-0.25, -0.2) is 0 Å². The molecule has 0 spiro atoms. The normalized spacial score (nSPS) is 12.8. The van der Waals surface area contributed by atoms with Gasteiger partial charge >= 0.3 is 0 Å². The van der Waals surface area contributed by atoms with Crippen molar-refractivity contribution in [3.05, 3.63) is 35.9 Å². The first-order valence-electron chi connectivity index (χ1n) is 7.39. The lowest BCUT2D eigenvalue weighted by molar-refractivity contribution is -0.121. The van der Waals surface area contributed by atoms with Gasteiger partial charge in [0.15, 0.2) is 0 Å². The molecule has 2 unspecified atom stereocenters. The number of hydrogen-bond acceptors (Lipinski definition) is 3. The first kappa shape index (κ1) is 23.5. The van der Waals surface area contributed by atoms with E-state index in [0.29, 0.717) is 13.0 Å². The Morgan fingerprint density at radius 1 is 1.18 bits per heavy atom. The number of amides is 1. The molecule has 1 rings (SSSR count). The second-order valence-corrected chi connectivity index (χ2v) is 5.13. The molecule has 0 aromatic heterocycles. The van der Waals surface area contributed by atoms with Gasteiger partial charge in [0.1, 0.15) is 0 Å². The third-order valence-corrected chi connectivity index (χ3v) is 3.44. The molecule has 0 saturated carbocycles. The summed E-state index contributed by atoms with van der Waals surface area (Å²) in [6.45, 7) is 8.67. The maximum atomic E-state index is 11.8. The quantitative estimate of drug-likeness (QED) is 0.758. The first-order valence-corrected chi connectivity index (χ1v) is 7.39. The zero-order valence-electron chi connectivity index (χ0n) is 13.6. The summed E-state index contributed by atoms with van der Waals surface area (Å²) in [6.07, 6.45) is 0.375. The van der Waals surface area contributed by atoms with Crippen molar-refractivity contribution in [2.45, 2.75) is 39.3 Å². The van der Waals surface area contributed by atoms with Gasteiger partial charge < -0.3 is 11.1 Å². The Hall–Kier alpha value is -0.810. The summed E-state index contributed by atoms with van der Waals surface area (Å²) in [4.78, 5) is 14.1. The number of benzene rings is 1. The Bertz CT molecular complexity index is 398. The Morgan fingerprint density at radius 2 is 1.73 bits per heavy atom. The first-order chi connectivity index (χ1) is 9.58. The maximum Gasteiger partial charge on any atom is 0.221 e. The van der Waals surface area contributed by atoms with E-state index in [2.05, 4.69) is 36.2 Å². The Balaban J connectivity index is 0. The van der Waals surface area contributed by atoms with Gasteiger partial charge in [0.2, 0.25) is 5.91 Å². The standard InChI is InChI=1S/C16H27N3O.2ClH/c1-4-19(5-2)15(14-9-7-6-8-10-14)12-18-16(20)11-13(3)17;;/h6-10,13,15H,4-5,11-12,17H2,1-3H3,(H,18,20);2*1H. The monoisotopic (exact) mass is 349 g/mol. The van der Waals surface area contributed by atoms with Crippen molar-refractivity contribution in [1.82, 2.24) is 10.2 Å². The van der Waals surface area contributed by atoms with Crippen molar-refractivity contribution in [3.63, 3.8) is 0 Å². The summed E-state index contributed by atoms with van der Waals surface area (Å²) < 4.78 is 0. The number of hydrogen-bond donors (Lipinski definition) is 2. The molecule has 0 heterocycles. The lowest BCUT2D eigenvalue weighted by Crippen LogP contribution is -2.39. The zero-order chi connectivity index (χ0) is 15.0. The molecular formula is C16H29Cl2N3O. The molecule has 0 aliphatic carbocycles. The number of carbonyl (C=O) groups excluding carboxylic acids is 1. The molecule has 1 amide bonds. The lowest BCUT2D eigenvalue weighted by Gasteiger charge is -2.30. The minimum atomic E-state index is -0.0985. The molecule has 0 aliphatic heterocycles. The van der Waals surface area contributed by atoms with Gasteiger partial charge in [0.25, 0.3) is 0 Å². The molecular weight excluding hydrogens is 321 g/mol. The van der Waals surface area contributed by atoms with Crippen LogP contribution in [0.1, 0.15) is 38.8 Å². The van der Waals surface area contributed by atoms with Gasteiger partial charge in [-0.2, -0.15) is 0 Å². The van der Waals surface area contributed by atoms with Crippen molar-refractivity contribution >= 4 is 30.7 Å². The highest BCUT2D eigenvalue weighted by atomic mass is 35.5. The summed E-state index contributed by atoms with van der Waals surface area (Å²) >= 11 is 0. The molecule has 128 valence electrons. The Kier molecular flexibility index (Phi) is 13.5. The van der Waals surface area contributed by atoms with Crippen LogP contribution in [0.4, 0.5) is 0 Å². The van der Waals surface area contributed by atoms with E-state index in [4.69, 9.17) is 5.73 Å². The molecule has 22 heavy (non-hydrogen) atoms. The number of nitrogens with two attached hydrogens (primary N) is 1. The molecule has 0 bridgehead atoms. The third-order valence-electron chi connectivity index (χ3n) is 3.44. The minimum Gasteiger partial charge on any atom is -0.354 e. The van der Waals surface area contributed by atoms with Crippen molar-refractivity contribution in [1.29, 1.82) is 0 Å². The molecule has 4 nitrogen and oxygen atoms in total. The van der Waals surface area contributed by atoms with Gasteiger partial charge in [-0.3, -0.25) is 9.69 Å². The topological polar surface area (TPSA) is 58.4 Å². The highest BCUT2D eigenvalue weighted by molar-refractivity contribution is 5.85. The highest BCUT2D eigenvalue weighted by Gasteiger charge is 2.18. The van der Waals surface area contributed by atoms with Crippen LogP contribution >= 0.6 is 24.8 Å². The number of nitrogens with zero attached hydrogens (tertiary/aromatic N) is 1. The number of carbonyl (C=O) groups is 1. The summed E-state index contributed by atoms with van der Waals surface area (Å²) in [5.74, 6) is 0.0214. The van der Waals surface area contributed by atoms with E-state index in [1.54, 1.807) is 0 Å². The van der Waals surface area contributed by atoms with Crippen LogP contribution in [0.25, 0.3) is 0 Å². The van der Waals surface area contributed by atoms with Crippen molar-refractivity contribution in [2.24, 2.45) is 5.73 Å². The molecule has 2 atom stereocenters. The van der Waals surface area contributed by atoms with Crippen LogP contribution < -0.4 is 11.1 Å². The summed E-state index contributed by atoms with van der Waals surface area (Å²) in [5.41, 5.74) is 6.89. The molecule has 0 aliphatic rings. The number of likely N-dealkylation sites (N-methyl/N-ethyl adjacent to an activating group) is 1. The predicted octanol–water partition coefficient (Wildman–Crippen LogP) is 2.77. The highest BCUT2D eigenvalue weighted by Crippen LogP contribution is 2.19. The van der Waals surface area contributed by atoms with Crippen LogP contribution in [0.5, 0.6) is 0 Å². The van der Waals surface area contributed by atoms with Gasteiger partial charge in [-0.1, -0.05) is 44.2 Å². The van der Waals surface area contributed by atoms with E-state index in [1.165, 1.54) is 5.56 Å². The molecule has 6 heteroatoms. The SMILES string of the molecule is CCN(CC)C(CNC(=O)CC(C)N)c1ccccc1.Cl.Cl. The summed E-state index contributed by atoms with van der Waals surface area (Å²) in [7, 11) is 0. The predicted molar refractivity (Wildman–Crippen MR) is 97.9 cm³/mol. The average Bonchev–Trinajstić information content (AvgIpc) is 2.43. The van der Waals surface area contributed by atoms with Crippen LogP contribution in [0, 0.1) is 0 Å². The van der Waals surface area contributed by atoms with Gasteiger partial charge in [0.05, 0.1) is 6.04 Å². The smallest absolute Gasteiger partial charge is 0.221 e. The second kappa shape index (κ2) is 12.7. The van der Waals surface area contributed by atoms with E-state index in [-0.39, 0.29) is 42.8 Å². The Labute approximate surface area is 146 Å². The molecule has 3 N–H and O–H groups in total. The number of nitrogens with one attached hydrogen (secondary N) is 1. The van der Waals surface area contributed by atoms with E-state index >= 15 is 0 Å². The van der Waals surface area contributed by atoms with Crippen LogP contribution in [0.15, 0.2) is 30.3 Å². The Morgan fingerprint density at radius 3 is 2.18 bits per heavy atom. The average molecular weight is 350 g/mol. The zero-order valence-corrected chi connectivity index (χ0v) is 15.3. The maximum absolute atomic E-state index is 11.8. The van der Waals surface area contributed by atoms with Crippen LogP contribution in [0.3, 0.4) is 0 Å². The van der Waals surface area contributed by atoms with Crippen LogP contribution in [-0.4, -0.2) is 36.5 Å². The van der Waals surface area contributed by atoms with Crippen LogP contribution in [0.2, 0.25) is 0 Å². The van der Waals surface area contributed by atoms with Crippen molar-refractivity contribution < 1.29 is 4.79 Å². The van der Waals surface area contributed by atoms with Crippen LogP contribution in [-0.2, 0) is 4.79 Å². The molecule has 1 aromatic rings. The molecule has 0 fully saturated rings. The lowest BCUT2D eigenvalue weighted by atomic mass is 10.0. The second-order valence-electron chi connectivity index (χ2n) is 5.13. The molecule has 0 saturated heterocycles. The fourth-order valence-corrected chi connectivity index (χ4v) is 2.37. The molecule has 1 aromatic carbocycles. The van der Waals surface area contributed by atoms with Crippen molar-refractivity contribution in [3.8, 4) is 0 Å². The fraction of sp³-hybridized carbons (Fsp3) is 0.562. The van der Waals surface area contributed by atoms with Gasteiger partial charge in [-0.15, -0.1) is 24.8 Å². The largest absolute Gasteiger partial charge is 0.354 e. The third kappa shape index (κ3) is 7.99. The number of halogens is 2.